The lowest BCUT2D eigenvalue weighted by molar-refractivity contribution is 0.566. The molecule has 0 saturated heterocycles. The van der Waals surface area contributed by atoms with E-state index >= 15 is 0 Å². The molecule has 1 aromatic heterocycles. The highest BCUT2D eigenvalue weighted by atomic mass is 15.1. The van der Waals surface area contributed by atoms with Crippen molar-refractivity contribution in [1.82, 2.24) is 14.9 Å². The number of nitrogens with zero attached hydrogens (tertiary/aromatic N) is 2. The minimum absolute atomic E-state index is 0.192. The molecule has 3 heteroatoms. The highest BCUT2D eigenvalue weighted by Gasteiger charge is 2.18. The molecule has 114 valence electrons. The van der Waals surface area contributed by atoms with Crippen LogP contribution in [-0.2, 0) is 12.5 Å². The fourth-order valence-electron chi connectivity index (χ4n) is 2.50. The second-order valence-corrected chi connectivity index (χ2v) is 6.69. The third-order valence-electron chi connectivity index (χ3n) is 3.86. The molecule has 0 radical (unpaired) electrons. The van der Waals surface area contributed by atoms with Crippen LogP contribution >= 0.6 is 0 Å². The van der Waals surface area contributed by atoms with E-state index in [2.05, 4.69) is 66.8 Å². The monoisotopic (exact) mass is 285 g/mol. The first-order valence-electron chi connectivity index (χ1n) is 7.73. The Bertz CT molecular complexity index is 561. The first-order chi connectivity index (χ1) is 9.93. The van der Waals surface area contributed by atoms with Gasteiger partial charge in [-0.05, 0) is 29.5 Å². The van der Waals surface area contributed by atoms with Gasteiger partial charge < -0.3 is 9.88 Å². The number of aryl methyl sites for hydroxylation is 1. The first-order valence-corrected chi connectivity index (χ1v) is 7.73. The lowest BCUT2D eigenvalue weighted by Crippen LogP contribution is -2.25. The molecule has 0 amide bonds. The van der Waals surface area contributed by atoms with Crippen molar-refractivity contribution in [2.24, 2.45) is 7.05 Å². The van der Waals surface area contributed by atoms with E-state index in [1.807, 2.05) is 19.6 Å². The standard InChI is InChI=1S/C18H27N3/c1-6-11-20-17(16-12-19-13-21(16)5)14-7-9-15(10-8-14)18(2,3)4/h7-10,12-13,17,20H,6,11H2,1-5H3. The summed E-state index contributed by atoms with van der Waals surface area (Å²) in [6, 6.07) is 9.16. The number of aromatic nitrogens is 2. The van der Waals surface area contributed by atoms with Crippen LogP contribution in [-0.4, -0.2) is 16.1 Å². The molecule has 0 fully saturated rings. The molecule has 2 rings (SSSR count). The molecule has 0 saturated carbocycles. The van der Waals surface area contributed by atoms with Crippen LogP contribution < -0.4 is 5.32 Å². The Labute approximate surface area is 128 Å². The molecule has 1 aromatic carbocycles. The summed E-state index contributed by atoms with van der Waals surface area (Å²) in [5.41, 5.74) is 4.05. The number of hydrogen-bond acceptors (Lipinski definition) is 2. The van der Waals surface area contributed by atoms with Gasteiger partial charge in [0.2, 0.25) is 0 Å². The fraction of sp³-hybridized carbons (Fsp3) is 0.500. The van der Waals surface area contributed by atoms with Crippen LogP contribution in [0.5, 0.6) is 0 Å². The fourth-order valence-corrected chi connectivity index (χ4v) is 2.50. The predicted octanol–water partition coefficient (Wildman–Crippen LogP) is 3.81. The van der Waals surface area contributed by atoms with Crippen LogP contribution in [0.3, 0.4) is 0 Å². The first kappa shape index (κ1) is 15.8. The third kappa shape index (κ3) is 3.73. The molecule has 3 nitrogen and oxygen atoms in total. The van der Waals surface area contributed by atoms with Crippen molar-refractivity contribution in [2.45, 2.75) is 45.6 Å². The molecule has 21 heavy (non-hydrogen) atoms. The van der Waals surface area contributed by atoms with Crippen LogP contribution in [0.2, 0.25) is 0 Å². The van der Waals surface area contributed by atoms with Crippen LogP contribution in [0.4, 0.5) is 0 Å². The Kier molecular flexibility index (Phi) is 4.84. The summed E-state index contributed by atoms with van der Waals surface area (Å²) in [7, 11) is 2.05. The van der Waals surface area contributed by atoms with E-state index in [1.54, 1.807) is 0 Å². The van der Waals surface area contributed by atoms with Gasteiger partial charge >= 0.3 is 0 Å². The summed E-state index contributed by atoms with van der Waals surface area (Å²) in [4.78, 5) is 4.26. The van der Waals surface area contributed by atoms with Gasteiger partial charge in [0.25, 0.3) is 0 Å². The van der Waals surface area contributed by atoms with Crippen molar-refractivity contribution in [1.29, 1.82) is 0 Å². The van der Waals surface area contributed by atoms with Gasteiger partial charge in [0, 0.05) is 7.05 Å². The van der Waals surface area contributed by atoms with Crippen molar-refractivity contribution in [3.63, 3.8) is 0 Å². The van der Waals surface area contributed by atoms with E-state index in [9.17, 15) is 0 Å². The Morgan fingerprint density at radius 3 is 2.33 bits per heavy atom. The van der Waals surface area contributed by atoms with E-state index in [0.717, 1.165) is 13.0 Å². The molecule has 2 aromatic rings. The maximum atomic E-state index is 4.26. The van der Waals surface area contributed by atoms with Gasteiger partial charge in [-0.3, -0.25) is 0 Å². The minimum atomic E-state index is 0.192. The topological polar surface area (TPSA) is 29.9 Å². The van der Waals surface area contributed by atoms with Crippen LogP contribution in [0.15, 0.2) is 36.8 Å². The van der Waals surface area contributed by atoms with Crippen LogP contribution in [0.25, 0.3) is 0 Å². The Morgan fingerprint density at radius 1 is 1.19 bits per heavy atom. The summed E-state index contributed by atoms with van der Waals surface area (Å²) < 4.78 is 2.09. The quantitative estimate of drug-likeness (QED) is 0.905. The number of imidazole rings is 1. The van der Waals surface area contributed by atoms with Gasteiger partial charge in [0.05, 0.1) is 24.3 Å². The van der Waals surface area contributed by atoms with Crippen molar-refractivity contribution < 1.29 is 0 Å². The zero-order valence-corrected chi connectivity index (χ0v) is 13.9. The summed E-state index contributed by atoms with van der Waals surface area (Å²) >= 11 is 0. The Balaban J connectivity index is 2.31. The average Bonchev–Trinajstić information content (AvgIpc) is 2.85. The number of hydrogen-bond donors (Lipinski definition) is 1. The lowest BCUT2D eigenvalue weighted by Gasteiger charge is -2.22. The molecule has 0 aliphatic rings. The van der Waals surface area contributed by atoms with E-state index in [0.29, 0.717) is 0 Å². The zero-order chi connectivity index (χ0) is 15.5. The second kappa shape index (κ2) is 6.44. The molecule has 1 unspecified atom stereocenters. The lowest BCUT2D eigenvalue weighted by atomic mass is 9.86. The molecular formula is C18H27N3. The number of rotatable bonds is 5. The molecule has 0 aliphatic heterocycles. The molecule has 1 heterocycles. The van der Waals surface area contributed by atoms with E-state index in [4.69, 9.17) is 0 Å². The average molecular weight is 285 g/mol. The van der Waals surface area contributed by atoms with Crippen molar-refractivity contribution >= 4 is 0 Å². The Hall–Kier alpha value is -1.61. The SMILES string of the molecule is CCCNC(c1ccc(C(C)(C)C)cc1)c1cncn1C. The van der Waals surface area contributed by atoms with Crippen molar-refractivity contribution in [3.05, 3.63) is 53.6 Å². The second-order valence-electron chi connectivity index (χ2n) is 6.69. The van der Waals surface area contributed by atoms with Crippen LogP contribution in [0, 0.1) is 0 Å². The summed E-state index contributed by atoms with van der Waals surface area (Å²) in [5.74, 6) is 0. The van der Waals surface area contributed by atoms with Crippen molar-refractivity contribution in [3.8, 4) is 0 Å². The summed E-state index contributed by atoms with van der Waals surface area (Å²) in [6.07, 6.45) is 4.93. The highest BCUT2D eigenvalue weighted by molar-refractivity contribution is 5.33. The minimum Gasteiger partial charge on any atom is -0.336 e. The van der Waals surface area contributed by atoms with E-state index < -0.39 is 0 Å². The van der Waals surface area contributed by atoms with Crippen molar-refractivity contribution in [2.75, 3.05) is 6.54 Å². The normalized spacial score (nSPS) is 13.4. The molecule has 0 spiro atoms. The number of benzene rings is 1. The molecule has 1 atom stereocenters. The maximum Gasteiger partial charge on any atom is 0.0946 e. The largest absolute Gasteiger partial charge is 0.336 e. The number of nitrogens with one attached hydrogen (secondary N) is 1. The van der Waals surface area contributed by atoms with E-state index in [-0.39, 0.29) is 11.5 Å². The third-order valence-corrected chi connectivity index (χ3v) is 3.86. The molecule has 0 aliphatic carbocycles. The molecule has 1 N–H and O–H groups in total. The van der Waals surface area contributed by atoms with Gasteiger partial charge in [0.15, 0.2) is 0 Å². The molecular weight excluding hydrogens is 258 g/mol. The maximum absolute atomic E-state index is 4.26. The van der Waals surface area contributed by atoms with E-state index in [1.165, 1.54) is 16.8 Å². The molecule has 0 bridgehead atoms. The van der Waals surface area contributed by atoms with Crippen LogP contribution in [0.1, 0.15) is 57.0 Å². The van der Waals surface area contributed by atoms with Gasteiger partial charge in [-0.1, -0.05) is 52.0 Å². The van der Waals surface area contributed by atoms with Gasteiger partial charge in [-0.2, -0.15) is 0 Å². The van der Waals surface area contributed by atoms with Gasteiger partial charge in [-0.15, -0.1) is 0 Å². The predicted molar refractivity (Wildman–Crippen MR) is 88.5 cm³/mol. The smallest absolute Gasteiger partial charge is 0.0946 e. The zero-order valence-electron chi connectivity index (χ0n) is 13.9. The summed E-state index contributed by atoms with van der Waals surface area (Å²) in [6.45, 7) is 9.93. The van der Waals surface area contributed by atoms with Gasteiger partial charge in [-0.25, -0.2) is 4.98 Å². The highest BCUT2D eigenvalue weighted by Crippen LogP contribution is 2.26. The Morgan fingerprint density at radius 2 is 1.86 bits per heavy atom. The van der Waals surface area contributed by atoms with Gasteiger partial charge in [0.1, 0.15) is 0 Å². The summed E-state index contributed by atoms with van der Waals surface area (Å²) in [5, 5.41) is 3.63.